The molecule has 0 atom stereocenters. The Labute approximate surface area is 105 Å². The Bertz CT molecular complexity index is 581. The molecule has 1 aromatic heterocycles. The largest absolute Gasteiger partial charge is 0.497 e. The topological polar surface area (TPSA) is 86.5 Å². The molecule has 0 radical (unpaired) electrons. The molecule has 0 unspecified atom stereocenters. The zero-order valence-electron chi connectivity index (χ0n) is 10.00. The second-order valence-corrected chi connectivity index (χ2v) is 3.64. The lowest BCUT2D eigenvalue weighted by atomic mass is 10.2. The van der Waals surface area contributed by atoms with Gasteiger partial charge in [-0.15, -0.1) is 0 Å². The maximum atomic E-state index is 5.89. The highest BCUT2D eigenvalue weighted by atomic mass is 16.5. The lowest BCUT2D eigenvalue weighted by Crippen LogP contribution is -2.16. The van der Waals surface area contributed by atoms with Crippen molar-refractivity contribution in [3.63, 3.8) is 0 Å². The number of hydrogen-bond acceptors (Lipinski definition) is 4. The first-order valence-corrected chi connectivity index (χ1v) is 5.40. The molecule has 2 aromatic rings. The molecule has 0 fully saturated rings. The van der Waals surface area contributed by atoms with Crippen LogP contribution in [0.5, 0.6) is 5.75 Å². The lowest BCUT2D eigenvalue weighted by Gasteiger charge is -2.04. The van der Waals surface area contributed by atoms with Crippen LogP contribution in [0.3, 0.4) is 0 Å². The number of methoxy groups -OCH3 is 1. The zero-order chi connectivity index (χ0) is 13.0. The summed E-state index contributed by atoms with van der Waals surface area (Å²) in [5, 5.41) is 0. The van der Waals surface area contributed by atoms with Crippen LogP contribution in [0, 0.1) is 0 Å². The first-order chi connectivity index (χ1) is 8.70. The van der Waals surface area contributed by atoms with E-state index in [9.17, 15) is 0 Å². The van der Waals surface area contributed by atoms with Crippen LogP contribution in [0.1, 0.15) is 5.69 Å². The lowest BCUT2D eigenvalue weighted by molar-refractivity contribution is 0.415. The molecule has 0 aliphatic rings. The van der Waals surface area contributed by atoms with E-state index in [-0.39, 0.29) is 5.84 Å². The molecule has 0 aliphatic heterocycles. The Hall–Kier alpha value is -2.56. The van der Waals surface area contributed by atoms with E-state index in [1.807, 2.05) is 18.2 Å². The average molecular weight is 242 g/mol. The van der Waals surface area contributed by atoms with E-state index in [0.29, 0.717) is 17.1 Å². The van der Waals surface area contributed by atoms with Gasteiger partial charge in [0.05, 0.1) is 18.5 Å². The Balaban J connectivity index is 2.35. The highest BCUT2D eigenvalue weighted by Crippen LogP contribution is 2.20. The summed E-state index contributed by atoms with van der Waals surface area (Å²) in [7, 11) is 1.60. The number of anilines is 1. The maximum absolute atomic E-state index is 5.89. The van der Waals surface area contributed by atoms with Gasteiger partial charge in [0.1, 0.15) is 11.4 Å². The molecule has 0 bridgehead atoms. The van der Waals surface area contributed by atoms with Gasteiger partial charge >= 0.3 is 0 Å². The normalized spacial score (nSPS) is 11.3. The van der Waals surface area contributed by atoms with Gasteiger partial charge in [-0.05, 0) is 24.3 Å². The van der Waals surface area contributed by atoms with Crippen LogP contribution in [0.25, 0.3) is 0 Å². The zero-order valence-corrected chi connectivity index (χ0v) is 10.00. The summed E-state index contributed by atoms with van der Waals surface area (Å²) >= 11 is 0. The molecule has 5 heteroatoms. The fourth-order valence-electron chi connectivity index (χ4n) is 1.50. The fourth-order valence-corrected chi connectivity index (χ4v) is 1.50. The van der Waals surface area contributed by atoms with Gasteiger partial charge in [0, 0.05) is 12.3 Å². The van der Waals surface area contributed by atoms with Crippen molar-refractivity contribution >= 4 is 17.2 Å². The van der Waals surface area contributed by atoms with E-state index in [0.717, 1.165) is 5.75 Å². The van der Waals surface area contributed by atoms with Crippen LogP contribution in [0.4, 0.5) is 11.4 Å². The molecule has 0 saturated carbocycles. The molecular weight excluding hydrogens is 228 g/mol. The summed E-state index contributed by atoms with van der Waals surface area (Å²) in [4.78, 5) is 8.38. The van der Waals surface area contributed by atoms with Crippen molar-refractivity contribution in [1.82, 2.24) is 4.98 Å². The Kier molecular flexibility index (Phi) is 3.43. The van der Waals surface area contributed by atoms with E-state index >= 15 is 0 Å². The molecular formula is C13H14N4O. The Morgan fingerprint density at radius 3 is 2.83 bits per heavy atom. The number of nitrogens with two attached hydrogens (primary N) is 2. The van der Waals surface area contributed by atoms with Crippen LogP contribution in [0.2, 0.25) is 0 Å². The Morgan fingerprint density at radius 1 is 1.28 bits per heavy atom. The minimum absolute atomic E-state index is 0.279. The molecule has 0 saturated heterocycles. The molecule has 92 valence electrons. The second-order valence-electron chi connectivity index (χ2n) is 3.64. The van der Waals surface area contributed by atoms with Gasteiger partial charge < -0.3 is 16.2 Å². The number of rotatable bonds is 3. The summed E-state index contributed by atoms with van der Waals surface area (Å²) < 4.78 is 5.12. The monoisotopic (exact) mass is 242 g/mol. The average Bonchev–Trinajstić information content (AvgIpc) is 2.39. The number of amidine groups is 1. The second kappa shape index (κ2) is 5.18. The van der Waals surface area contributed by atoms with Gasteiger partial charge in [0.15, 0.2) is 5.84 Å². The third kappa shape index (κ3) is 2.57. The van der Waals surface area contributed by atoms with E-state index in [1.54, 1.807) is 31.5 Å². The number of nitrogens with zero attached hydrogens (tertiary/aromatic N) is 2. The number of aliphatic imine (C=N–C) groups is 1. The molecule has 18 heavy (non-hydrogen) atoms. The van der Waals surface area contributed by atoms with Crippen molar-refractivity contribution in [2.75, 3.05) is 12.8 Å². The third-order valence-electron chi connectivity index (χ3n) is 2.38. The standard InChI is InChI=1S/C13H14N4O/c1-18-10-5-2-4-9(8-10)17-13(15)12-11(14)6-3-7-16-12/h2-8H,14H2,1H3,(H2,15,17). The van der Waals surface area contributed by atoms with Gasteiger partial charge in [0.2, 0.25) is 0 Å². The van der Waals surface area contributed by atoms with Crippen molar-refractivity contribution in [3.05, 3.63) is 48.3 Å². The van der Waals surface area contributed by atoms with Crippen LogP contribution < -0.4 is 16.2 Å². The van der Waals surface area contributed by atoms with Gasteiger partial charge in [-0.1, -0.05) is 6.07 Å². The molecule has 1 aromatic carbocycles. The number of aromatic nitrogens is 1. The predicted molar refractivity (Wildman–Crippen MR) is 72.0 cm³/mol. The summed E-state index contributed by atoms with van der Waals surface area (Å²) in [6.07, 6.45) is 1.62. The minimum Gasteiger partial charge on any atom is -0.497 e. The Morgan fingerprint density at radius 2 is 2.11 bits per heavy atom. The van der Waals surface area contributed by atoms with Crippen molar-refractivity contribution in [2.45, 2.75) is 0 Å². The van der Waals surface area contributed by atoms with Gasteiger partial charge in [0.25, 0.3) is 0 Å². The van der Waals surface area contributed by atoms with E-state index in [2.05, 4.69) is 9.98 Å². The minimum atomic E-state index is 0.279. The molecule has 2 rings (SSSR count). The van der Waals surface area contributed by atoms with Crippen molar-refractivity contribution in [1.29, 1.82) is 0 Å². The molecule has 0 spiro atoms. The molecule has 0 amide bonds. The fraction of sp³-hybridized carbons (Fsp3) is 0.0769. The molecule has 4 N–H and O–H groups in total. The summed E-state index contributed by atoms with van der Waals surface area (Å²) in [5.41, 5.74) is 13.3. The predicted octanol–water partition coefficient (Wildman–Crippen LogP) is 1.71. The van der Waals surface area contributed by atoms with Crippen LogP contribution in [-0.2, 0) is 0 Å². The summed E-state index contributed by atoms with van der Waals surface area (Å²) in [6.45, 7) is 0. The quantitative estimate of drug-likeness (QED) is 0.633. The van der Waals surface area contributed by atoms with Crippen molar-refractivity contribution < 1.29 is 4.74 Å². The van der Waals surface area contributed by atoms with E-state index in [4.69, 9.17) is 16.2 Å². The van der Waals surface area contributed by atoms with Gasteiger partial charge in [-0.25, -0.2) is 4.99 Å². The summed E-state index contributed by atoms with van der Waals surface area (Å²) in [5.74, 6) is 0.999. The first-order valence-electron chi connectivity index (χ1n) is 5.40. The van der Waals surface area contributed by atoms with Crippen LogP contribution in [-0.4, -0.2) is 17.9 Å². The molecule has 1 heterocycles. The third-order valence-corrected chi connectivity index (χ3v) is 2.38. The van der Waals surface area contributed by atoms with E-state index < -0.39 is 0 Å². The first kappa shape index (κ1) is 11.9. The van der Waals surface area contributed by atoms with Gasteiger partial charge in [-0.3, -0.25) is 4.98 Å². The number of pyridine rings is 1. The van der Waals surface area contributed by atoms with Gasteiger partial charge in [-0.2, -0.15) is 0 Å². The van der Waals surface area contributed by atoms with E-state index in [1.165, 1.54) is 0 Å². The number of hydrogen-bond donors (Lipinski definition) is 2. The number of benzene rings is 1. The van der Waals surface area contributed by atoms with Crippen LogP contribution >= 0.6 is 0 Å². The smallest absolute Gasteiger partial charge is 0.152 e. The highest BCUT2D eigenvalue weighted by molar-refractivity contribution is 6.01. The van der Waals surface area contributed by atoms with Crippen molar-refractivity contribution in [3.8, 4) is 5.75 Å². The SMILES string of the molecule is COc1cccc(N=C(N)c2ncccc2N)c1. The van der Waals surface area contributed by atoms with Crippen LogP contribution in [0.15, 0.2) is 47.6 Å². The van der Waals surface area contributed by atoms with Crippen molar-refractivity contribution in [2.24, 2.45) is 10.7 Å². The highest BCUT2D eigenvalue weighted by Gasteiger charge is 2.04. The maximum Gasteiger partial charge on any atom is 0.152 e. The number of ether oxygens (including phenoxy) is 1. The molecule has 0 aliphatic carbocycles. The number of nitrogen functional groups attached to an aromatic ring is 1. The summed E-state index contributed by atoms with van der Waals surface area (Å²) in [6, 6.07) is 10.8. The molecule has 5 nitrogen and oxygen atoms in total.